The molecule has 29 heavy (non-hydrogen) atoms. The van der Waals surface area contributed by atoms with Gasteiger partial charge in [-0.3, -0.25) is 9.10 Å². The minimum Gasteiger partial charge on any atom is -0.348 e. The smallest absolute Gasteiger partial charge is 0.265 e. The molecule has 0 unspecified atom stereocenters. The Kier molecular flexibility index (Phi) is 5.06. The van der Waals surface area contributed by atoms with Crippen LogP contribution in [0.1, 0.15) is 18.5 Å². The number of hydrogen-bond donors (Lipinski definition) is 1. The van der Waals surface area contributed by atoms with E-state index in [-0.39, 0.29) is 23.4 Å². The number of anilines is 1. The molecule has 1 aliphatic heterocycles. The van der Waals surface area contributed by atoms with Crippen LogP contribution in [0.5, 0.6) is 0 Å². The normalized spacial score (nSPS) is 15.2. The Morgan fingerprint density at radius 1 is 1.00 bits per heavy atom. The van der Waals surface area contributed by atoms with E-state index >= 15 is 0 Å². The Morgan fingerprint density at radius 2 is 1.69 bits per heavy atom. The summed E-state index contributed by atoms with van der Waals surface area (Å²) in [7, 11) is -3.88. The Hall–Kier alpha value is -2.83. The highest BCUT2D eigenvalue weighted by Gasteiger charge is 2.36. The second kappa shape index (κ2) is 7.54. The second-order valence-corrected chi connectivity index (χ2v) is 9.14. The quantitative estimate of drug-likeness (QED) is 0.672. The van der Waals surface area contributed by atoms with Crippen LogP contribution in [0.25, 0.3) is 11.1 Å². The van der Waals surface area contributed by atoms with Crippen LogP contribution in [-0.2, 0) is 14.8 Å². The molecule has 7 heteroatoms. The van der Waals surface area contributed by atoms with E-state index in [0.717, 1.165) is 9.87 Å². The molecule has 1 heterocycles. The van der Waals surface area contributed by atoms with Crippen LogP contribution < -0.4 is 9.62 Å². The summed E-state index contributed by atoms with van der Waals surface area (Å²) in [6, 6.07) is 21.0. The van der Waals surface area contributed by atoms with Gasteiger partial charge in [-0.2, -0.15) is 0 Å². The van der Waals surface area contributed by atoms with E-state index in [1.165, 1.54) is 0 Å². The number of hydrogen-bond acceptors (Lipinski definition) is 3. The predicted octanol–water partition coefficient (Wildman–Crippen LogP) is 4.39. The highest BCUT2D eigenvalue weighted by Crippen LogP contribution is 2.43. The summed E-state index contributed by atoms with van der Waals surface area (Å²) in [6.45, 7) is 1.55. The number of carbonyl (C=O) groups excluding carboxylic acids is 1. The Balaban J connectivity index is 1.68. The van der Waals surface area contributed by atoms with Crippen LogP contribution in [0.2, 0.25) is 5.02 Å². The first-order chi connectivity index (χ1) is 13.9. The summed E-state index contributed by atoms with van der Waals surface area (Å²) < 4.78 is 27.7. The number of carbonyl (C=O) groups is 1. The maximum absolute atomic E-state index is 13.3. The summed E-state index contributed by atoms with van der Waals surface area (Å²) in [4.78, 5) is 12.9. The minimum atomic E-state index is -3.88. The minimum absolute atomic E-state index is 0.165. The molecule has 0 saturated heterocycles. The molecule has 3 aromatic carbocycles. The summed E-state index contributed by atoms with van der Waals surface area (Å²) >= 11 is 6.16. The highest BCUT2D eigenvalue weighted by atomic mass is 35.5. The van der Waals surface area contributed by atoms with Gasteiger partial charge in [0.1, 0.15) is 6.54 Å². The van der Waals surface area contributed by atoms with E-state index < -0.39 is 10.0 Å². The molecule has 0 fully saturated rings. The predicted molar refractivity (Wildman–Crippen MR) is 114 cm³/mol. The molecule has 1 atom stereocenters. The van der Waals surface area contributed by atoms with Gasteiger partial charge in [-0.15, -0.1) is 0 Å². The number of nitrogens with one attached hydrogen (secondary N) is 1. The van der Waals surface area contributed by atoms with Gasteiger partial charge in [0.05, 0.1) is 16.6 Å². The van der Waals surface area contributed by atoms with Crippen LogP contribution >= 0.6 is 11.6 Å². The molecule has 4 rings (SSSR count). The van der Waals surface area contributed by atoms with Crippen molar-refractivity contribution in [2.45, 2.75) is 17.9 Å². The largest absolute Gasteiger partial charge is 0.348 e. The SMILES string of the molecule is C[C@H](NC(=O)CN1c2ccc(Cl)cc2-c2ccccc2S1(=O)=O)c1ccccc1. The molecule has 148 valence electrons. The molecule has 0 spiro atoms. The van der Waals surface area contributed by atoms with Crippen molar-refractivity contribution in [2.75, 3.05) is 10.8 Å². The van der Waals surface area contributed by atoms with E-state index in [4.69, 9.17) is 11.6 Å². The van der Waals surface area contributed by atoms with Gasteiger partial charge in [0.25, 0.3) is 10.0 Å². The molecule has 1 N–H and O–H groups in total. The van der Waals surface area contributed by atoms with Gasteiger partial charge >= 0.3 is 0 Å². The lowest BCUT2D eigenvalue weighted by molar-refractivity contribution is -0.120. The van der Waals surface area contributed by atoms with Crippen LogP contribution in [0, 0.1) is 0 Å². The number of amides is 1. The first kappa shape index (κ1) is 19.5. The lowest BCUT2D eigenvalue weighted by atomic mass is 10.0. The van der Waals surface area contributed by atoms with Gasteiger partial charge in [-0.05, 0) is 36.8 Å². The van der Waals surface area contributed by atoms with E-state index in [1.54, 1.807) is 42.5 Å². The van der Waals surface area contributed by atoms with Crippen molar-refractivity contribution in [3.63, 3.8) is 0 Å². The first-order valence-electron chi connectivity index (χ1n) is 9.14. The monoisotopic (exact) mass is 426 g/mol. The highest BCUT2D eigenvalue weighted by molar-refractivity contribution is 7.93. The number of rotatable bonds is 4. The summed E-state index contributed by atoms with van der Waals surface area (Å²) in [5.41, 5.74) is 2.65. The Labute approximate surface area is 175 Å². The van der Waals surface area contributed by atoms with Gasteiger partial charge in [-0.1, -0.05) is 60.1 Å². The lowest BCUT2D eigenvalue weighted by Crippen LogP contribution is -2.43. The Morgan fingerprint density at radius 3 is 2.45 bits per heavy atom. The van der Waals surface area contributed by atoms with E-state index in [0.29, 0.717) is 21.8 Å². The van der Waals surface area contributed by atoms with Crippen molar-refractivity contribution in [1.29, 1.82) is 0 Å². The van der Waals surface area contributed by atoms with Crippen molar-refractivity contribution < 1.29 is 13.2 Å². The molecule has 0 aliphatic carbocycles. The summed E-state index contributed by atoms with van der Waals surface area (Å²) in [5.74, 6) is -0.384. The van der Waals surface area contributed by atoms with Gasteiger partial charge in [0.2, 0.25) is 5.91 Å². The third kappa shape index (κ3) is 3.61. The zero-order valence-electron chi connectivity index (χ0n) is 15.7. The average Bonchev–Trinajstić information content (AvgIpc) is 2.72. The third-order valence-electron chi connectivity index (χ3n) is 4.94. The molecule has 0 saturated carbocycles. The number of sulfonamides is 1. The molecule has 0 bridgehead atoms. The van der Waals surface area contributed by atoms with E-state index in [9.17, 15) is 13.2 Å². The fourth-order valence-electron chi connectivity index (χ4n) is 3.52. The van der Waals surface area contributed by atoms with Crippen LogP contribution in [0.3, 0.4) is 0 Å². The van der Waals surface area contributed by atoms with Gasteiger partial charge in [0.15, 0.2) is 0 Å². The van der Waals surface area contributed by atoms with Crippen molar-refractivity contribution >= 4 is 33.2 Å². The summed E-state index contributed by atoms with van der Waals surface area (Å²) in [6.07, 6.45) is 0. The average molecular weight is 427 g/mol. The second-order valence-electron chi connectivity index (χ2n) is 6.87. The molecular formula is C22H19ClN2O3S. The van der Waals surface area contributed by atoms with Crippen molar-refractivity contribution in [3.8, 4) is 11.1 Å². The van der Waals surface area contributed by atoms with Gasteiger partial charge in [0, 0.05) is 16.1 Å². The molecule has 1 amide bonds. The van der Waals surface area contributed by atoms with Crippen molar-refractivity contribution in [3.05, 3.63) is 83.4 Å². The maximum Gasteiger partial charge on any atom is 0.265 e. The standard InChI is InChI=1S/C22H19ClN2O3S/c1-15(16-7-3-2-4-8-16)24-22(26)14-25-20-12-11-17(23)13-19(20)18-9-5-6-10-21(18)29(25,27)28/h2-13,15H,14H2,1H3,(H,24,26)/t15-/m0/s1. The molecule has 0 radical (unpaired) electrons. The van der Waals surface area contributed by atoms with E-state index in [2.05, 4.69) is 5.32 Å². The number of fused-ring (bicyclic) bond motifs is 3. The van der Waals surface area contributed by atoms with Crippen LogP contribution in [0.4, 0.5) is 5.69 Å². The van der Waals surface area contributed by atoms with Gasteiger partial charge < -0.3 is 5.32 Å². The molecular weight excluding hydrogens is 408 g/mol. The number of nitrogens with zero attached hydrogens (tertiary/aromatic N) is 1. The fourth-order valence-corrected chi connectivity index (χ4v) is 5.34. The zero-order chi connectivity index (χ0) is 20.6. The van der Waals surface area contributed by atoms with Crippen LogP contribution in [0.15, 0.2) is 77.7 Å². The van der Waals surface area contributed by atoms with E-state index in [1.807, 2.05) is 37.3 Å². The third-order valence-corrected chi connectivity index (χ3v) is 6.99. The Bertz CT molecular complexity index is 1180. The van der Waals surface area contributed by atoms with Gasteiger partial charge in [-0.25, -0.2) is 8.42 Å². The summed E-state index contributed by atoms with van der Waals surface area (Å²) in [5, 5.41) is 3.38. The number of benzene rings is 3. The molecule has 1 aliphatic rings. The lowest BCUT2D eigenvalue weighted by Gasteiger charge is -2.32. The molecule has 0 aromatic heterocycles. The fraction of sp³-hybridized carbons (Fsp3) is 0.136. The van der Waals surface area contributed by atoms with Crippen molar-refractivity contribution in [1.82, 2.24) is 5.32 Å². The van der Waals surface area contributed by atoms with Crippen LogP contribution in [-0.4, -0.2) is 20.9 Å². The van der Waals surface area contributed by atoms with Crippen molar-refractivity contribution in [2.24, 2.45) is 0 Å². The first-order valence-corrected chi connectivity index (χ1v) is 11.0. The maximum atomic E-state index is 13.3. The number of halogens is 1. The molecule has 3 aromatic rings. The topological polar surface area (TPSA) is 66.5 Å². The zero-order valence-corrected chi connectivity index (χ0v) is 17.2. The molecule has 5 nitrogen and oxygen atoms in total.